The molecule has 0 saturated carbocycles. The molecule has 1 aliphatic rings. The molecule has 1 saturated heterocycles. The lowest BCUT2D eigenvalue weighted by Gasteiger charge is -2.31. The topological polar surface area (TPSA) is 29.5 Å². The van der Waals surface area contributed by atoms with Gasteiger partial charge in [-0.1, -0.05) is 12.1 Å². The van der Waals surface area contributed by atoms with Gasteiger partial charge in [0.15, 0.2) is 0 Å². The van der Waals surface area contributed by atoms with Crippen LogP contribution in [-0.2, 0) is 4.74 Å². The zero-order valence-corrected chi connectivity index (χ0v) is 10.8. The summed E-state index contributed by atoms with van der Waals surface area (Å²) in [6.45, 7) is 1.48. The Kier molecular flexibility index (Phi) is 4.07. The normalized spacial score (nSPS) is 16.8. The summed E-state index contributed by atoms with van der Waals surface area (Å²) in [5, 5.41) is 0. The third kappa shape index (κ3) is 2.82. The molecule has 0 aliphatic carbocycles. The Morgan fingerprint density at radius 3 is 2.65 bits per heavy atom. The summed E-state index contributed by atoms with van der Waals surface area (Å²) >= 11 is 4.32. The number of nitrogens with zero attached hydrogens (tertiary/aromatic N) is 1. The van der Waals surface area contributed by atoms with Gasteiger partial charge in [-0.3, -0.25) is 4.79 Å². The standard InChI is InChI=1S/C13H17NO2S/c1-14(10-6-8-16-9-7-10)13(15)11-4-2-3-5-12(11)17/h2-5,10,17H,6-9H2,1H3. The van der Waals surface area contributed by atoms with E-state index in [1.165, 1.54) is 0 Å². The Hall–Kier alpha value is -1.00. The van der Waals surface area contributed by atoms with Crippen LogP contribution < -0.4 is 0 Å². The van der Waals surface area contributed by atoms with Crippen LogP contribution in [-0.4, -0.2) is 37.1 Å². The zero-order chi connectivity index (χ0) is 12.3. The number of thiol groups is 1. The van der Waals surface area contributed by atoms with Crippen molar-refractivity contribution in [3.05, 3.63) is 29.8 Å². The molecule has 92 valence electrons. The fourth-order valence-corrected chi connectivity index (χ4v) is 2.34. The average molecular weight is 251 g/mol. The molecule has 4 heteroatoms. The van der Waals surface area contributed by atoms with Gasteiger partial charge in [0.05, 0.1) is 5.56 Å². The lowest BCUT2D eigenvalue weighted by molar-refractivity contribution is 0.0360. The molecular weight excluding hydrogens is 234 g/mol. The van der Waals surface area contributed by atoms with E-state index in [4.69, 9.17) is 4.74 Å². The van der Waals surface area contributed by atoms with Crippen LogP contribution in [0.1, 0.15) is 23.2 Å². The Morgan fingerprint density at radius 2 is 2.00 bits per heavy atom. The van der Waals surface area contributed by atoms with Crippen LogP contribution in [0.25, 0.3) is 0 Å². The molecule has 0 unspecified atom stereocenters. The molecule has 1 heterocycles. The summed E-state index contributed by atoms with van der Waals surface area (Å²) in [6, 6.07) is 7.69. The van der Waals surface area contributed by atoms with Gasteiger partial charge in [-0.25, -0.2) is 0 Å². The number of hydrogen-bond donors (Lipinski definition) is 1. The molecule has 3 nitrogen and oxygen atoms in total. The molecule has 1 aromatic carbocycles. The molecule has 1 amide bonds. The van der Waals surface area contributed by atoms with Gasteiger partial charge in [-0.2, -0.15) is 0 Å². The van der Waals surface area contributed by atoms with Crippen LogP contribution in [0.15, 0.2) is 29.2 Å². The second-order valence-electron chi connectivity index (χ2n) is 4.28. The molecule has 17 heavy (non-hydrogen) atoms. The quantitative estimate of drug-likeness (QED) is 0.817. The zero-order valence-electron chi connectivity index (χ0n) is 9.93. The summed E-state index contributed by atoms with van der Waals surface area (Å²) < 4.78 is 5.31. The van der Waals surface area contributed by atoms with E-state index < -0.39 is 0 Å². The highest BCUT2D eigenvalue weighted by atomic mass is 32.1. The van der Waals surface area contributed by atoms with Crippen LogP contribution in [0.2, 0.25) is 0 Å². The van der Waals surface area contributed by atoms with Crippen LogP contribution in [0, 0.1) is 0 Å². The summed E-state index contributed by atoms with van der Waals surface area (Å²) in [5.41, 5.74) is 0.671. The monoisotopic (exact) mass is 251 g/mol. The van der Waals surface area contributed by atoms with Crippen LogP contribution in [0.3, 0.4) is 0 Å². The molecule has 1 fully saturated rings. The summed E-state index contributed by atoms with van der Waals surface area (Å²) in [4.78, 5) is 14.9. The van der Waals surface area contributed by atoms with E-state index >= 15 is 0 Å². The minimum atomic E-state index is 0.0440. The number of benzene rings is 1. The molecule has 0 aromatic heterocycles. The maximum absolute atomic E-state index is 12.3. The SMILES string of the molecule is CN(C(=O)c1ccccc1S)C1CCOCC1. The van der Waals surface area contributed by atoms with Gasteiger partial charge in [0.2, 0.25) is 0 Å². The third-order valence-corrected chi connectivity index (χ3v) is 3.58. The van der Waals surface area contributed by atoms with Crippen molar-refractivity contribution >= 4 is 18.5 Å². The average Bonchev–Trinajstić information content (AvgIpc) is 2.39. The first-order valence-corrected chi connectivity index (χ1v) is 6.28. The van der Waals surface area contributed by atoms with Gasteiger partial charge in [0, 0.05) is 31.2 Å². The van der Waals surface area contributed by atoms with Crippen molar-refractivity contribution in [2.24, 2.45) is 0 Å². The Bertz CT molecular complexity index is 402. The van der Waals surface area contributed by atoms with Crippen molar-refractivity contribution < 1.29 is 9.53 Å². The first-order chi connectivity index (χ1) is 8.20. The van der Waals surface area contributed by atoms with Crippen molar-refractivity contribution in [2.45, 2.75) is 23.8 Å². The maximum Gasteiger partial charge on any atom is 0.254 e. The second kappa shape index (κ2) is 5.56. The van der Waals surface area contributed by atoms with Crippen LogP contribution in [0.4, 0.5) is 0 Å². The molecule has 1 aliphatic heterocycles. The van der Waals surface area contributed by atoms with E-state index in [0.29, 0.717) is 5.56 Å². The molecule has 0 spiro atoms. The van der Waals surface area contributed by atoms with E-state index in [1.807, 2.05) is 36.2 Å². The van der Waals surface area contributed by atoms with E-state index in [-0.39, 0.29) is 11.9 Å². The first-order valence-electron chi connectivity index (χ1n) is 5.83. The largest absolute Gasteiger partial charge is 0.381 e. The van der Waals surface area contributed by atoms with Gasteiger partial charge in [-0.15, -0.1) is 12.6 Å². The van der Waals surface area contributed by atoms with Crippen molar-refractivity contribution in [3.8, 4) is 0 Å². The van der Waals surface area contributed by atoms with Crippen molar-refractivity contribution in [3.63, 3.8) is 0 Å². The maximum atomic E-state index is 12.3. The van der Waals surface area contributed by atoms with Crippen LogP contribution in [0.5, 0.6) is 0 Å². The van der Waals surface area contributed by atoms with E-state index in [2.05, 4.69) is 12.6 Å². The fourth-order valence-electron chi connectivity index (χ4n) is 2.08. The van der Waals surface area contributed by atoms with Gasteiger partial charge >= 0.3 is 0 Å². The summed E-state index contributed by atoms with van der Waals surface area (Å²) in [7, 11) is 1.86. The highest BCUT2D eigenvalue weighted by Crippen LogP contribution is 2.19. The molecular formula is C13H17NO2S. The summed E-state index contributed by atoms with van der Waals surface area (Å²) in [5.74, 6) is 0.0440. The minimum Gasteiger partial charge on any atom is -0.381 e. The van der Waals surface area contributed by atoms with Crippen molar-refractivity contribution in [2.75, 3.05) is 20.3 Å². The highest BCUT2D eigenvalue weighted by molar-refractivity contribution is 7.80. The second-order valence-corrected chi connectivity index (χ2v) is 4.76. The van der Waals surface area contributed by atoms with E-state index in [1.54, 1.807) is 0 Å². The highest BCUT2D eigenvalue weighted by Gasteiger charge is 2.24. The fraction of sp³-hybridized carbons (Fsp3) is 0.462. The predicted molar refractivity (Wildman–Crippen MR) is 69.6 cm³/mol. The summed E-state index contributed by atoms with van der Waals surface area (Å²) in [6.07, 6.45) is 1.83. The van der Waals surface area contributed by atoms with Crippen molar-refractivity contribution in [1.82, 2.24) is 4.90 Å². The van der Waals surface area contributed by atoms with Crippen molar-refractivity contribution in [1.29, 1.82) is 0 Å². The number of rotatable bonds is 2. The first kappa shape index (κ1) is 12.5. The molecule has 0 bridgehead atoms. The number of ether oxygens (including phenoxy) is 1. The van der Waals surface area contributed by atoms with E-state index in [0.717, 1.165) is 31.0 Å². The van der Waals surface area contributed by atoms with Gasteiger partial charge in [0.25, 0.3) is 5.91 Å². The smallest absolute Gasteiger partial charge is 0.254 e. The molecule has 1 aromatic rings. The number of amides is 1. The lowest BCUT2D eigenvalue weighted by Crippen LogP contribution is -2.40. The Morgan fingerprint density at radius 1 is 1.35 bits per heavy atom. The minimum absolute atomic E-state index is 0.0440. The predicted octanol–water partition coefficient (Wildman–Crippen LogP) is 2.23. The van der Waals surface area contributed by atoms with Gasteiger partial charge < -0.3 is 9.64 Å². The molecule has 0 atom stereocenters. The van der Waals surface area contributed by atoms with Gasteiger partial charge in [0.1, 0.15) is 0 Å². The lowest BCUT2D eigenvalue weighted by atomic mass is 10.1. The number of hydrogen-bond acceptors (Lipinski definition) is 3. The number of carbonyl (C=O) groups excluding carboxylic acids is 1. The number of carbonyl (C=O) groups is 1. The van der Waals surface area contributed by atoms with Gasteiger partial charge in [-0.05, 0) is 25.0 Å². The Balaban J connectivity index is 2.11. The molecule has 0 radical (unpaired) electrons. The molecule has 2 rings (SSSR count). The van der Waals surface area contributed by atoms with Crippen LogP contribution >= 0.6 is 12.6 Å². The third-order valence-electron chi connectivity index (χ3n) is 3.19. The van der Waals surface area contributed by atoms with E-state index in [9.17, 15) is 4.79 Å². The Labute approximate surface area is 107 Å². The molecule has 0 N–H and O–H groups in total.